The molecule has 2 rings (SSSR count). The Bertz CT molecular complexity index is 463. The summed E-state index contributed by atoms with van der Waals surface area (Å²) in [7, 11) is 0. The number of hydrogen-bond acceptors (Lipinski definition) is 4. The predicted molar refractivity (Wildman–Crippen MR) is 62.1 cm³/mol. The molecule has 1 heterocycles. The molecule has 14 heavy (non-hydrogen) atoms. The van der Waals surface area contributed by atoms with Crippen molar-refractivity contribution >= 4 is 24.0 Å². The Morgan fingerprint density at radius 3 is 2.57 bits per heavy atom. The molecule has 0 radical (unpaired) electrons. The van der Waals surface area contributed by atoms with Crippen LogP contribution in [-0.2, 0) is 0 Å². The molecule has 1 aromatic heterocycles. The van der Waals surface area contributed by atoms with Crippen molar-refractivity contribution in [3.05, 3.63) is 29.3 Å². The van der Waals surface area contributed by atoms with Gasteiger partial charge in [-0.2, -0.15) is 0 Å². The first kappa shape index (κ1) is 9.68. The molecule has 0 unspecified atom stereocenters. The highest BCUT2D eigenvalue weighted by molar-refractivity contribution is 7.82. The molecule has 0 aliphatic rings. The molecule has 0 aliphatic heterocycles. The van der Waals surface area contributed by atoms with Crippen LogP contribution < -0.4 is 0 Å². The largest absolute Gasteiger partial charge is 0.171 e. The third kappa shape index (κ3) is 1.81. The van der Waals surface area contributed by atoms with Crippen LogP contribution in [0.1, 0.15) is 11.1 Å². The van der Waals surface area contributed by atoms with E-state index in [1.165, 1.54) is 22.5 Å². The van der Waals surface area contributed by atoms with E-state index in [0.29, 0.717) is 4.34 Å². The van der Waals surface area contributed by atoms with Gasteiger partial charge in [0.1, 0.15) is 5.01 Å². The van der Waals surface area contributed by atoms with Crippen molar-refractivity contribution < 1.29 is 0 Å². The fraction of sp³-hybridized carbons (Fsp3) is 0.200. The molecule has 0 atom stereocenters. The van der Waals surface area contributed by atoms with E-state index in [1.807, 2.05) is 0 Å². The maximum Gasteiger partial charge on any atom is 0.171 e. The van der Waals surface area contributed by atoms with Crippen molar-refractivity contribution in [3.63, 3.8) is 0 Å². The number of aryl methyl sites for hydroxylation is 2. The lowest BCUT2D eigenvalue weighted by Gasteiger charge is -2.01. The zero-order valence-corrected chi connectivity index (χ0v) is 9.69. The first-order valence-corrected chi connectivity index (χ1v) is 5.53. The maximum absolute atomic E-state index is 4.15. The van der Waals surface area contributed by atoms with Crippen molar-refractivity contribution in [1.29, 1.82) is 0 Å². The van der Waals surface area contributed by atoms with Gasteiger partial charge in [0.2, 0.25) is 0 Å². The lowest BCUT2D eigenvalue weighted by Crippen LogP contribution is -1.83. The molecule has 0 amide bonds. The molecular weight excluding hydrogens is 212 g/mol. The lowest BCUT2D eigenvalue weighted by molar-refractivity contribution is 1.02. The van der Waals surface area contributed by atoms with Gasteiger partial charge in [0.15, 0.2) is 4.34 Å². The summed E-state index contributed by atoms with van der Waals surface area (Å²) in [6.45, 7) is 4.17. The Morgan fingerprint density at radius 2 is 2.00 bits per heavy atom. The molecule has 72 valence electrons. The number of rotatable bonds is 1. The molecular formula is C10H10N2S2. The van der Waals surface area contributed by atoms with Crippen LogP contribution in [-0.4, -0.2) is 10.2 Å². The van der Waals surface area contributed by atoms with E-state index >= 15 is 0 Å². The summed E-state index contributed by atoms with van der Waals surface area (Å²) in [6.07, 6.45) is 0. The van der Waals surface area contributed by atoms with E-state index in [0.717, 1.165) is 10.6 Å². The van der Waals surface area contributed by atoms with Gasteiger partial charge < -0.3 is 0 Å². The minimum Gasteiger partial charge on any atom is -0.137 e. The van der Waals surface area contributed by atoms with Gasteiger partial charge in [-0.15, -0.1) is 22.8 Å². The average molecular weight is 222 g/mol. The zero-order valence-electron chi connectivity index (χ0n) is 7.98. The molecule has 0 spiro atoms. The second kappa shape index (κ2) is 3.71. The smallest absolute Gasteiger partial charge is 0.137 e. The quantitative estimate of drug-likeness (QED) is 0.750. The summed E-state index contributed by atoms with van der Waals surface area (Å²) in [5, 5.41) is 8.90. The standard InChI is InChI=1S/C10H10N2S2/c1-6-3-4-8(7(2)5-6)9-11-12-10(13)14-9/h3-5H,1-2H3,(H,12,13). The fourth-order valence-corrected chi connectivity index (χ4v) is 2.36. The maximum atomic E-state index is 4.15. The van der Waals surface area contributed by atoms with Gasteiger partial charge in [-0.1, -0.05) is 35.1 Å². The first-order chi connectivity index (χ1) is 6.66. The van der Waals surface area contributed by atoms with Crippen molar-refractivity contribution in [2.24, 2.45) is 0 Å². The summed E-state index contributed by atoms with van der Waals surface area (Å²) in [4.78, 5) is 0. The highest BCUT2D eigenvalue weighted by Gasteiger charge is 2.06. The molecule has 1 aromatic carbocycles. The van der Waals surface area contributed by atoms with Crippen LogP contribution in [0.2, 0.25) is 0 Å². The second-order valence-corrected chi connectivity index (χ2v) is 4.91. The Hall–Kier alpha value is -0.870. The molecule has 0 aliphatic carbocycles. The molecule has 0 N–H and O–H groups in total. The van der Waals surface area contributed by atoms with Crippen LogP contribution in [0.3, 0.4) is 0 Å². The lowest BCUT2D eigenvalue weighted by atomic mass is 10.1. The van der Waals surface area contributed by atoms with Gasteiger partial charge in [0.25, 0.3) is 0 Å². The van der Waals surface area contributed by atoms with E-state index in [-0.39, 0.29) is 0 Å². The number of benzene rings is 1. The minimum atomic E-state index is 0.708. The van der Waals surface area contributed by atoms with Crippen LogP contribution in [0.5, 0.6) is 0 Å². The van der Waals surface area contributed by atoms with Gasteiger partial charge in [0, 0.05) is 5.56 Å². The summed E-state index contributed by atoms with van der Waals surface area (Å²) >= 11 is 5.66. The Morgan fingerprint density at radius 1 is 1.21 bits per heavy atom. The highest BCUT2D eigenvalue weighted by atomic mass is 32.2. The summed E-state index contributed by atoms with van der Waals surface area (Å²) in [6, 6.07) is 6.31. The van der Waals surface area contributed by atoms with Gasteiger partial charge in [-0.3, -0.25) is 0 Å². The van der Waals surface area contributed by atoms with Crippen LogP contribution in [0, 0.1) is 13.8 Å². The van der Waals surface area contributed by atoms with E-state index in [4.69, 9.17) is 0 Å². The topological polar surface area (TPSA) is 25.8 Å². The van der Waals surface area contributed by atoms with Gasteiger partial charge in [-0.25, -0.2) is 0 Å². The molecule has 0 fully saturated rings. The average Bonchev–Trinajstić information content (AvgIpc) is 2.51. The predicted octanol–water partition coefficient (Wildman–Crippen LogP) is 3.11. The summed E-state index contributed by atoms with van der Waals surface area (Å²) < 4.78 is 0.708. The minimum absolute atomic E-state index is 0.708. The van der Waals surface area contributed by atoms with Crippen LogP contribution in [0.25, 0.3) is 10.6 Å². The van der Waals surface area contributed by atoms with Crippen LogP contribution >= 0.6 is 24.0 Å². The van der Waals surface area contributed by atoms with Crippen molar-refractivity contribution in [2.75, 3.05) is 0 Å². The van der Waals surface area contributed by atoms with Crippen LogP contribution in [0.4, 0.5) is 0 Å². The molecule has 0 saturated heterocycles. The van der Waals surface area contributed by atoms with E-state index in [9.17, 15) is 0 Å². The normalized spacial score (nSPS) is 10.5. The number of nitrogens with zero attached hydrogens (tertiary/aromatic N) is 2. The van der Waals surface area contributed by atoms with E-state index < -0.39 is 0 Å². The molecule has 2 nitrogen and oxygen atoms in total. The van der Waals surface area contributed by atoms with Crippen molar-refractivity contribution in [2.45, 2.75) is 18.2 Å². The van der Waals surface area contributed by atoms with Gasteiger partial charge in [-0.05, 0) is 19.4 Å². The SMILES string of the molecule is Cc1ccc(-c2nnc(S)s2)c(C)c1. The number of thiol groups is 1. The molecule has 4 heteroatoms. The first-order valence-electron chi connectivity index (χ1n) is 4.27. The number of hydrogen-bond donors (Lipinski definition) is 1. The third-order valence-corrected chi connectivity index (χ3v) is 3.15. The van der Waals surface area contributed by atoms with Crippen molar-refractivity contribution in [3.8, 4) is 10.6 Å². The van der Waals surface area contributed by atoms with Gasteiger partial charge in [0.05, 0.1) is 0 Å². The Labute approximate surface area is 92.4 Å². The Kier molecular flexibility index (Phi) is 2.56. The number of aromatic nitrogens is 2. The molecule has 0 bridgehead atoms. The fourth-order valence-electron chi connectivity index (χ4n) is 1.38. The third-order valence-electron chi connectivity index (χ3n) is 2.03. The summed E-state index contributed by atoms with van der Waals surface area (Å²) in [5.41, 5.74) is 3.64. The second-order valence-electron chi connectivity index (χ2n) is 3.21. The zero-order chi connectivity index (χ0) is 10.1. The van der Waals surface area contributed by atoms with Gasteiger partial charge >= 0.3 is 0 Å². The summed E-state index contributed by atoms with van der Waals surface area (Å²) in [5.74, 6) is 0. The molecule has 2 aromatic rings. The Balaban J connectivity index is 2.52. The van der Waals surface area contributed by atoms with E-state index in [1.54, 1.807) is 0 Å². The van der Waals surface area contributed by atoms with E-state index in [2.05, 4.69) is 54.9 Å². The van der Waals surface area contributed by atoms with Crippen molar-refractivity contribution in [1.82, 2.24) is 10.2 Å². The molecule has 0 saturated carbocycles. The highest BCUT2D eigenvalue weighted by Crippen LogP contribution is 2.28. The monoisotopic (exact) mass is 222 g/mol. The van der Waals surface area contributed by atoms with Crippen LogP contribution in [0.15, 0.2) is 22.5 Å².